The molecule has 1 fully saturated rings. The van der Waals surface area contributed by atoms with Gasteiger partial charge in [0.05, 0.1) is 16.6 Å². The molecule has 2 aromatic rings. The van der Waals surface area contributed by atoms with Crippen molar-refractivity contribution in [1.82, 2.24) is 9.46 Å². The van der Waals surface area contributed by atoms with Gasteiger partial charge in [-0.15, -0.1) is 0 Å². The van der Waals surface area contributed by atoms with Crippen LogP contribution in [0.3, 0.4) is 0 Å². The molecule has 0 aliphatic carbocycles. The summed E-state index contributed by atoms with van der Waals surface area (Å²) in [5.41, 5.74) is 2.15. The van der Waals surface area contributed by atoms with E-state index in [1.807, 2.05) is 6.92 Å². The topological polar surface area (TPSA) is 92.5 Å². The van der Waals surface area contributed by atoms with Crippen LogP contribution in [0.15, 0.2) is 33.7 Å². The van der Waals surface area contributed by atoms with Gasteiger partial charge in [0.25, 0.3) is 0 Å². The number of sulfonamides is 1. The number of hydrogen-bond acceptors (Lipinski definition) is 5. The van der Waals surface area contributed by atoms with Gasteiger partial charge in [-0.2, -0.15) is 4.31 Å². The standard InChI is InChI=1S/C17H21N3O4S/c1-11-17(12(2)24-19-11)16-5-4-10-20(16)25(22,23)15-8-6-14(7-9-15)18-13(3)21/h6-9,16H,4-5,10H2,1-3H3,(H,18,21)/t16-/m0/s1. The first-order chi connectivity index (χ1) is 11.8. The summed E-state index contributed by atoms with van der Waals surface area (Å²) in [7, 11) is -3.64. The minimum absolute atomic E-state index is 0.200. The Morgan fingerprint density at radius 2 is 1.96 bits per heavy atom. The summed E-state index contributed by atoms with van der Waals surface area (Å²) in [6.07, 6.45) is 1.53. The number of rotatable bonds is 4. The molecule has 1 atom stereocenters. The van der Waals surface area contributed by atoms with E-state index in [4.69, 9.17) is 4.52 Å². The molecule has 0 spiro atoms. The molecule has 134 valence electrons. The fourth-order valence-corrected chi connectivity index (χ4v) is 5.00. The predicted octanol–water partition coefficient (Wildman–Crippen LogP) is 2.78. The molecule has 8 heteroatoms. The van der Waals surface area contributed by atoms with E-state index in [1.165, 1.54) is 23.4 Å². The van der Waals surface area contributed by atoms with E-state index in [9.17, 15) is 13.2 Å². The number of aromatic nitrogens is 1. The Balaban J connectivity index is 1.92. The normalized spacial score (nSPS) is 18.4. The molecule has 25 heavy (non-hydrogen) atoms. The average molecular weight is 363 g/mol. The van der Waals surface area contributed by atoms with E-state index in [0.29, 0.717) is 18.0 Å². The van der Waals surface area contributed by atoms with Gasteiger partial charge >= 0.3 is 0 Å². The highest BCUT2D eigenvalue weighted by atomic mass is 32.2. The average Bonchev–Trinajstić information content (AvgIpc) is 3.14. The molecule has 2 heterocycles. The van der Waals surface area contributed by atoms with Crippen molar-refractivity contribution in [2.75, 3.05) is 11.9 Å². The summed E-state index contributed by atoms with van der Waals surface area (Å²) in [5.74, 6) is 0.458. The van der Waals surface area contributed by atoms with Crippen LogP contribution in [0, 0.1) is 13.8 Å². The van der Waals surface area contributed by atoms with Gasteiger partial charge in [0.15, 0.2) is 0 Å². The van der Waals surface area contributed by atoms with E-state index >= 15 is 0 Å². The minimum Gasteiger partial charge on any atom is -0.361 e. The van der Waals surface area contributed by atoms with Crippen molar-refractivity contribution < 1.29 is 17.7 Å². The Kier molecular flexibility index (Phi) is 4.66. The van der Waals surface area contributed by atoms with Crippen LogP contribution in [0.1, 0.15) is 42.8 Å². The van der Waals surface area contributed by atoms with Crippen LogP contribution >= 0.6 is 0 Å². The summed E-state index contributed by atoms with van der Waals surface area (Å²) >= 11 is 0. The zero-order valence-electron chi connectivity index (χ0n) is 14.4. The van der Waals surface area contributed by atoms with E-state index in [0.717, 1.165) is 24.1 Å². The van der Waals surface area contributed by atoms with Gasteiger partial charge in [0.1, 0.15) is 5.76 Å². The molecule has 0 saturated carbocycles. The SMILES string of the molecule is CC(=O)Nc1ccc(S(=O)(=O)N2CCC[C@H]2c2c(C)noc2C)cc1. The van der Waals surface area contributed by atoms with Crippen LogP contribution < -0.4 is 5.32 Å². The minimum atomic E-state index is -3.64. The maximum atomic E-state index is 13.1. The second-order valence-corrected chi connectivity index (χ2v) is 8.11. The lowest BCUT2D eigenvalue weighted by molar-refractivity contribution is -0.114. The van der Waals surface area contributed by atoms with Crippen LogP contribution in [0.4, 0.5) is 5.69 Å². The van der Waals surface area contributed by atoms with Crippen molar-refractivity contribution in [3.05, 3.63) is 41.3 Å². The third-order valence-electron chi connectivity index (χ3n) is 4.41. The summed E-state index contributed by atoms with van der Waals surface area (Å²) in [6.45, 7) is 5.51. The Morgan fingerprint density at radius 3 is 2.52 bits per heavy atom. The van der Waals surface area contributed by atoms with Crippen LogP contribution in [0.5, 0.6) is 0 Å². The number of benzene rings is 1. The number of amides is 1. The zero-order chi connectivity index (χ0) is 18.2. The van der Waals surface area contributed by atoms with Crippen LogP contribution in [0.25, 0.3) is 0 Å². The Hall–Kier alpha value is -2.19. The number of anilines is 1. The number of carbonyl (C=O) groups is 1. The molecule has 1 N–H and O–H groups in total. The number of hydrogen-bond donors (Lipinski definition) is 1. The summed E-state index contributed by atoms with van der Waals surface area (Å²) in [6, 6.07) is 5.96. The highest BCUT2D eigenvalue weighted by molar-refractivity contribution is 7.89. The van der Waals surface area contributed by atoms with Crippen molar-refractivity contribution >= 4 is 21.6 Å². The highest BCUT2D eigenvalue weighted by Gasteiger charge is 2.38. The molecule has 1 saturated heterocycles. The Labute approximate surface area is 147 Å². The third kappa shape index (κ3) is 3.32. The molecule has 1 amide bonds. The maximum absolute atomic E-state index is 13.1. The Bertz CT molecular complexity index is 868. The summed E-state index contributed by atoms with van der Waals surface area (Å²) in [4.78, 5) is 11.3. The highest BCUT2D eigenvalue weighted by Crippen LogP contribution is 2.39. The van der Waals surface area contributed by atoms with Crippen LogP contribution in [-0.4, -0.2) is 30.3 Å². The van der Waals surface area contributed by atoms with Crippen LogP contribution in [0.2, 0.25) is 0 Å². The summed E-state index contributed by atoms with van der Waals surface area (Å²) in [5, 5.41) is 6.58. The van der Waals surface area contributed by atoms with Crippen molar-refractivity contribution in [3.63, 3.8) is 0 Å². The number of aryl methyl sites for hydroxylation is 2. The first kappa shape index (κ1) is 17.6. The van der Waals surface area contributed by atoms with Gasteiger partial charge < -0.3 is 9.84 Å². The molecule has 7 nitrogen and oxygen atoms in total. The molecule has 0 bridgehead atoms. The number of carbonyl (C=O) groups excluding carboxylic acids is 1. The quantitative estimate of drug-likeness (QED) is 0.902. The third-order valence-corrected chi connectivity index (χ3v) is 6.33. The van der Waals surface area contributed by atoms with Gasteiger partial charge in [-0.25, -0.2) is 8.42 Å². The van der Waals surface area contributed by atoms with E-state index in [1.54, 1.807) is 19.1 Å². The second kappa shape index (κ2) is 6.61. The fourth-order valence-electron chi connectivity index (χ4n) is 3.33. The lowest BCUT2D eigenvalue weighted by Crippen LogP contribution is -2.31. The van der Waals surface area contributed by atoms with E-state index < -0.39 is 10.0 Å². The predicted molar refractivity (Wildman–Crippen MR) is 92.6 cm³/mol. The van der Waals surface area contributed by atoms with E-state index in [-0.39, 0.29) is 16.8 Å². The molecule has 1 aromatic carbocycles. The van der Waals surface area contributed by atoms with Crippen molar-refractivity contribution in [1.29, 1.82) is 0 Å². The van der Waals surface area contributed by atoms with Crippen molar-refractivity contribution in [3.8, 4) is 0 Å². The first-order valence-corrected chi connectivity index (χ1v) is 9.57. The van der Waals surface area contributed by atoms with E-state index in [2.05, 4.69) is 10.5 Å². The first-order valence-electron chi connectivity index (χ1n) is 8.13. The van der Waals surface area contributed by atoms with Gasteiger partial charge in [0.2, 0.25) is 15.9 Å². The molecular formula is C17H21N3O4S. The molecule has 0 radical (unpaired) electrons. The smallest absolute Gasteiger partial charge is 0.243 e. The summed E-state index contributed by atoms with van der Waals surface area (Å²) < 4.78 is 32.9. The monoisotopic (exact) mass is 363 g/mol. The molecule has 3 rings (SSSR count). The molecule has 0 unspecified atom stereocenters. The van der Waals surface area contributed by atoms with Gasteiger partial charge in [-0.3, -0.25) is 4.79 Å². The largest absolute Gasteiger partial charge is 0.361 e. The molecule has 1 aromatic heterocycles. The second-order valence-electron chi connectivity index (χ2n) is 6.22. The zero-order valence-corrected chi connectivity index (χ0v) is 15.3. The number of nitrogens with one attached hydrogen (secondary N) is 1. The van der Waals surface area contributed by atoms with Gasteiger partial charge in [-0.1, -0.05) is 5.16 Å². The van der Waals surface area contributed by atoms with Gasteiger partial charge in [0, 0.05) is 24.7 Å². The maximum Gasteiger partial charge on any atom is 0.243 e. The Morgan fingerprint density at radius 1 is 1.28 bits per heavy atom. The van der Waals surface area contributed by atoms with Crippen LogP contribution in [-0.2, 0) is 14.8 Å². The molecular weight excluding hydrogens is 342 g/mol. The fraction of sp³-hybridized carbons (Fsp3) is 0.412. The lowest BCUT2D eigenvalue weighted by Gasteiger charge is -2.24. The lowest BCUT2D eigenvalue weighted by atomic mass is 10.0. The number of nitrogens with zero attached hydrogens (tertiary/aromatic N) is 2. The van der Waals surface area contributed by atoms with Crippen molar-refractivity contribution in [2.45, 2.75) is 44.6 Å². The van der Waals surface area contributed by atoms with Crippen molar-refractivity contribution in [2.24, 2.45) is 0 Å². The molecule has 1 aliphatic heterocycles. The van der Waals surface area contributed by atoms with Gasteiger partial charge in [-0.05, 0) is 51.0 Å². The molecule has 1 aliphatic rings.